The van der Waals surface area contributed by atoms with E-state index >= 15 is 0 Å². The van der Waals surface area contributed by atoms with Gasteiger partial charge in [-0.05, 0) is 61.5 Å². The van der Waals surface area contributed by atoms with Crippen molar-refractivity contribution in [1.82, 2.24) is 5.32 Å². The number of nitrogens with zero attached hydrogens (tertiary/aromatic N) is 1. The van der Waals surface area contributed by atoms with Gasteiger partial charge in [-0.25, -0.2) is 0 Å². The Morgan fingerprint density at radius 2 is 1.97 bits per heavy atom. The van der Waals surface area contributed by atoms with Crippen molar-refractivity contribution in [2.75, 3.05) is 18.6 Å². The number of methoxy groups -OCH3 is 1. The summed E-state index contributed by atoms with van der Waals surface area (Å²) in [6, 6.07) is 10.6. The van der Waals surface area contributed by atoms with Crippen molar-refractivity contribution in [3.63, 3.8) is 0 Å². The third kappa shape index (κ3) is 4.11. The van der Waals surface area contributed by atoms with E-state index in [9.17, 15) is 9.59 Å². The molecule has 1 heterocycles. The van der Waals surface area contributed by atoms with E-state index in [0.717, 1.165) is 5.56 Å². The Hall–Kier alpha value is -2.90. The van der Waals surface area contributed by atoms with Crippen molar-refractivity contribution >= 4 is 52.5 Å². The number of rotatable bonds is 5. The van der Waals surface area contributed by atoms with E-state index in [2.05, 4.69) is 5.32 Å². The Kier molecular flexibility index (Phi) is 6.20. The Labute approximate surface area is 179 Å². The standard InChI is InChI=1S/C21H19ClN2O4S/c1-4-28-17-11-13(10-15(22)18(17)27-3)9-14-19(25)23-21(29)24(20(14)26)16-8-6-5-7-12(16)2/h5-11H,4H2,1-3H3,(H,23,25,29)/b14-9+. The number of amides is 2. The first kappa shape index (κ1) is 20.8. The maximum absolute atomic E-state index is 13.1. The number of ether oxygens (including phenoxy) is 2. The van der Waals surface area contributed by atoms with E-state index in [-0.39, 0.29) is 10.7 Å². The lowest BCUT2D eigenvalue weighted by atomic mass is 10.1. The molecule has 0 saturated carbocycles. The first-order valence-electron chi connectivity index (χ1n) is 8.84. The number of anilines is 1. The predicted molar refractivity (Wildman–Crippen MR) is 117 cm³/mol. The van der Waals surface area contributed by atoms with Crippen LogP contribution in [0.1, 0.15) is 18.1 Å². The smallest absolute Gasteiger partial charge is 0.270 e. The topological polar surface area (TPSA) is 67.9 Å². The van der Waals surface area contributed by atoms with Gasteiger partial charge >= 0.3 is 0 Å². The number of nitrogens with one attached hydrogen (secondary N) is 1. The Morgan fingerprint density at radius 1 is 1.24 bits per heavy atom. The monoisotopic (exact) mass is 430 g/mol. The Bertz CT molecular complexity index is 1040. The molecule has 6 nitrogen and oxygen atoms in total. The average molecular weight is 431 g/mol. The van der Waals surface area contributed by atoms with Gasteiger partial charge in [0.2, 0.25) is 0 Å². The van der Waals surface area contributed by atoms with Crippen molar-refractivity contribution in [2.45, 2.75) is 13.8 Å². The number of para-hydroxylation sites is 1. The molecule has 1 fully saturated rings. The van der Waals surface area contributed by atoms with E-state index < -0.39 is 11.8 Å². The zero-order valence-electron chi connectivity index (χ0n) is 16.1. The second-order valence-corrected chi connectivity index (χ2v) is 7.01. The summed E-state index contributed by atoms with van der Waals surface area (Å²) in [6.45, 7) is 4.10. The van der Waals surface area contributed by atoms with E-state index in [0.29, 0.717) is 34.4 Å². The van der Waals surface area contributed by atoms with Gasteiger partial charge in [0.15, 0.2) is 16.6 Å². The van der Waals surface area contributed by atoms with Crippen molar-refractivity contribution < 1.29 is 19.1 Å². The largest absolute Gasteiger partial charge is 0.491 e. The fraction of sp³-hybridized carbons (Fsp3) is 0.190. The minimum Gasteiger partial charge on any atom is -0.491 e. The minimum atomic E-state index is -0.574. The summed E-state index contributed by atoms with van der Waals surface area (Å²) < 4.78 is 10.8. The molecular weight excluding hydrogens is 412 g/mol. The molecule has 29 heavy (non-hydrogen) atoms. The van der Waals surface area contributed by atoms with Crippen LogP contribution in [0.3, 0.4) is 0 Å². The molecule has 0 aromatic heterocycles. The lowest BCUT2D eigenvalue weighted by Gasteiger charge is -2.30. The van der Waals surface area contributed by atoms with Crippen LogP contribution in [0.25, 0.3) is 6.08 Å². The highest BCUT2D eigenvalue weighted by atomic mass is 35.5. The third-order valence-electron chi connectivity index (χ3n) is 4.30. The van der Waals surface area contributed by atoms with E-state index in [1.807, 2.05) is 26.0 Å². The first-order valence-corrected chi connectivity index (χ1v) is 9.63. The van der Waals surface area contributed by atoms with E-state index in [1.54, 1.807) is 24.3 Å². The fourth-order valence-corrected chi connectivity index (χ4v) is 3.56. The second kappa shape index (κ2) is 8.63. The lowest BCUT2D eigenvalue weighted by Crippen LogP contribution is -2.54. The molecule has 1 aliphatic rings. The molecule has 2 amide bonds. The number of halogens is 1. The zero-order valence-corrected chi connectivity index (χ0v) is 17.7. The maximum atomic E-state index is 13.1. The fourth-order valence-electron chi connectivity index (χ4n) is 2.99. The maximum Gasteiger partial charge on any atom is 0.270 e. The van der Waals surface area contributed by atoms with Gasteiger partial charge in [-0.1, -0.05) is 29.8 Å². The second-order valence-electron chi connectivity index (χ2n) is 6.21. The molecule has 8 heteroatoms. The SMILES string of the molecule is CCOc1cc(/C=C2\C(=O)NC(=S)N(c3ccccc3C)C2=O)cc(Cl)c1OC. The van der Waals surface area contributed by atoms with Crippen molar-refractivity contribution in [3.05, 3.63) is 58.1 Å². The molecule has 0 unspecified atom stereocenters. The van der Waals surface area contributed by atoms with Gasteiger partial charge in [-0.3, -0.25) is 19.8 Å². The van der Waals surface area contributed by atoms with Crippen molar-refractivity contribution in [2.24, 2.45) is 0 Å². The third-order valence-corrected chi connectivity index (χ3v) is 4.87. The predicted octanol–water partition coefficient (Wildman–Crippen LogP) is 3.89. The molecule has 1 N–H and O–H groups in total. The quantitative estimate of drug-likeness (QED) is 0.443. The molecule has 150 valence electrons. The van der Waals surface area contributed by atoms with Gasteiger partial charge in [0.1, 0.15) is 5.57 Å². The summed E-state index contributed by atoms with van der Waals surface area (Å²) in [5.41, 5.74) is 1.92. The number of carbonyl (C=O) groups excluding carboxylic acids is 2. The van der Waals surface area contributed by atoms with Crippen LogP contribution in [-0.2, 0) is 9.59 Å². The van der Waals surface area contributed by atoms with Crippen molar-refractivity contribution in [1.29, 1.82) is 0 Å². The van der Waals surface area contributed by atoms with Gasteiger partial charge < -0.3 is 9.47 Å². The summed E-state index contributed by atoms with van der Waals surface area (Å²) in [7, 11) is 1.49. The van der Waals surface area contributed by atoms with Crippen LogP contribution in [0.15, 0.2) is 42.0 Å². The van der Waals surface area contributed by atoms with E-state index in [1.165, 1.54) is 18.1 Å². The first-order chi connectivity index (χ1) is 13.9. The molecule has 0 radical (unpaired) electrons. The van der Waals surface area contributed by atoms with Crippen LogP contribution in [0.5, 0.6) is 11.5 Å². The number of benzene rings is 2. The number of hydrogen-bond acceptors (Lipinski definition) is 5. The lowest BCUT2D eigenvalue weighted by molar-refractivity contribution is -0.122. The van der Waals surface area contributed by atoms with Gasteiger partial charge in [0.05, 0.1) is 24.4 Å². The van der Waals surface area contributed by atoms with Gasteiger partial charge in [0, 0.05) is 0 Å². The summed E-state index contributed by atoms with van der Waals surface area (Å²) >= 11 is 11.5. The van der Waals surface area contributed by atoms with Crippen LogP contribution in [0, 0.1) is 6.92 Å². The molecule has 0 spiro atoms. The normalized spacial score (nSPS) is 15.5. The molecule has 0 aliphatic carbocycles. The summed E-state index contributed by atoms with van der Waals surface area (Å²) in [5, 5.41) is 2.92. The van der Waals surface area contributed by atoms with Crippen LogP contribution >= 0.6 is 23.8 Å². The molecule has 2 aromatic carbocycles. The van der Waals surface area contributed by atoms with Gasteiger partial charge in [0.25, 0.3) is 11.8 Å². The Morgan fingerprint density at radius 3 is 2.62 bits per heavy atom. The molecule has 1 saturated heterocycles. The summed E-state index contributed by atoms with van der Waals surface area (Å²) in [5.74, 6) is -0.283. The summed E-state index contributed by atoms with van der Waals surface area (Å²) in [6.07, 6.45) is 1.46. The average Bonchev–Trinajstić information content (AvgIpc) is 2.67. The van der Waals surface area contributed by atoms with Crippen molar-refractivity contribution in [3.8, 4) is 11.5 Å². The molecule has 1 aliphatic heterocycles. The highest BCUT2D eigenvalue weighted by Gasteiger charge is 2.35. The molecular formula is C21H19ClN2O4S. The van der Waals surface area contributed by atoms with Gasteiger partial charge in [-0.15, -0.1) is 0 Å². The highest BCUT2D eigenvalue weighted by Crippen LogP contribution is 2.37. The van der Waals surface area contributed by atoms with Gasteiger partial charge in [-0.2, -0.15) is 0 Å². The number of hydrogen-bond donors (Lipinski definition) is 1. The molecule has 0 bridgehead atoms. The molecule has 0 atom stereocenters. The summed E-state index contributed by atoms with van der Waals surface area (Å²) in [4.78, 5) is 27.0. The van der Waals surface area contributed by atoms with Crippen LogP contribution < -0.4 is 19.7 Å². The van der Waals surface area contributed by atoms with Crippen LogP contribution in [-0.4, -0.2) is 30.6 Å². The highest BCUT2D eigenvalue weighted by molar-refractivity contribution is 7.80. The Balaban J connectivity index is 2.06. The molecule has 2 aromatic rings. The number of carbonyl (C=O) groups is 2. The zero-order chi connectivity index (χ0) is 21.1. The van der Waals surface area contributed by atoms with Crippen LogP contribution in [0.4, 0.5) is 5.69 Å². The number of thiocarbonyl (C=S) groups is 1. The van der Waals surface area contributed by atoms with Crippen LogP contribution in [0.2, 0.25) is 5.02 Å². The number of aryl methyl sites for hydroxylation is 1. The minimum absolute atomic E-state index is 0.0363. The van der Waals surface area contributed by atoms with E-state index in [4.69, 9.17) is 33.3 Å². The molecule has 3 rings (SSSR count).